The van der Waals surface area contributed by atoms with Crippen LogP contribution in [0.5, 0.6) is 0 Å². The van der Waals surface area contributed by atoms with Crippen molar-refractivity contribution in [3.05, 3.63) is 42.2 Å². The van der Waals surface area contributed by atoms with Crippen molar-refractivity contribution < 1.29 is 5.11 Å². The van der Waals surface area contributed by atoms with E-state index in [2.05, 4.69) is 15.0 Å². The number of aliphatic hydroxyl groups excluding tert-OH is 1. The highest BCUT2D eigenvalue weighted by molar-refractivity contribution is 5.93. The number of nitrogens with two attached hydrogens (primary N) is 1. The van der Waals surface area contributed by atoms with E-state index in [9.17, 15) is 0 Å². The fourth-order valence-corrected chi connectivity index (χ4v) is 1.93. The lowest BCUT2D eigenvalue weighted by molar-refractivity contribution is 0.281. The number of hydrogen-bond donors (Lipinski definition) is 3. The molecule has 0 aliphatic heterocycles. The van der Waals surface area contributed by atoms with E-state index >= 15 is 0 Å². The van der Waals surface area contributed by atoms with Gasteiger partial charge in [0.05, 0.1) is 6.61 Å². The molecule has 2 aromatic heterocycles. The lowest BCUT2D eigenvalue weighted by atomic mass is 10.1. The molecule has 5 nitrogen and oxygen atoms in total. The third-order valence-electron chi connectivity index (χ3n) is 2.90. The van der Waals surface area contributed by atoms with E-state index < -0.39 is 0 Å². The number of H-pyrrole nitrogens is 1. The number of para-hydroxylation sites is 1. The summed E-state index contributed by atoms with van der Waals surface area (Å²) in [4.78, 5) is 11.6. The number of rotatable bonds is 2. The van der Waals surface area contributed by atoms with Gasteiger partial charge >= 0.3 is 0 Å². The molecule has 0 amide bonds. The molecule has 0 unspecified atom stereocenters. The molecular formula is C13H12N4O. The van der Waals surface area contributed by atoms with Crippen LogP contribution in [-0.2, 0) is 6.61 Å². The predicted octanol–water partition coefficient (Wildman–Crippen LogP) is 1.70. The molecule has 2 heterocycles. The number of aromatic amines is 1. The van der Waals surface area contributed by atoms with Crippen LogP contribution >= 0.6 is 0 Å². The first-order valence-electron chi connectivity index (χ1n) is 5.58. The van der Waals surface area contributed by atoms with Gasteiger partial charge < -0.3 is 15.8 Å². The van der Waals surface area contributed by atoms with E-state index in [1.54, 1.807) is 6.20 Å². The Balaban J connectivity index is 2.17. The maximum Gasteiger partial charge on any atom is 0.163 e. The van der Waals surface area contributed by atoms with Crippen LogP contribution in [0.15, 0.2) is 36.7 Å². The number of nitrogens with zero attached hydrogens (tertiary/aromatic N) is 2. The van der Waals surface area contributed by atoms with Crippen molar-refractivity contribution >= 4 is 16.7 Å². The SMILES string of the molecule is Nc1nc(-c2c[nH]c3ccccc23)ncc1CO. The van der Waals surface area contributed by atoms with Gasteiger partial charge in [0.25, 0.3) is 0 Å². The molecule has 0 aliphatic carbocycles. The molecular weight excluding hydrogens is 228 g/mol. The van der Waals surface area contributed by atoms with Crippen LogP contribution < -0.4 is 5.73 Å². The molecule has 3 aromatic rings. The van der Waals surface area contributed by atoms with Gasteiger partial charge in [0.15, 0.2) is 5.82 Å². The molecule has 0 fully saturated rings. The summed E-state index contributed by atoms with van der Waals surface area (Å²) < 4.78 is 0. The summed E-state index contributed by atoms with van der Waals surface area (Å²) in [5.74, 6) is 0.870. The minimum absolute atomic E-state index is 0.153. The van der Waals surface area contributed by atoms with Gasteiger partial charge in [0.2, 0.25) is 0 Å². The van der Waals surface area contributed by atoms with Crippen molar-refractivity contribution in [3.63, 3.8) is 0 Å². The van der Waals surface area contributed by atoms with Gasteiger partial charge in [-0.1, -0.05) is 18.2 Å². The second-order valence-electron chi connectivity index (χ2n) is 4.01. The predicted molar refractivity (Wildman–Crippen MR) is 69.7 cm³/mol. The highest BCUT2D eigenvalue weighted by Crippen LogP contribution is 2.26. The number of hydrogen-bond acceptors (Lipinski definition) is 4. The summed E-state index contributed by atoms with van der Waals surface area (Å²) in [6.45, 7) is -0.153. The van der Waals surface area contributed by atoms with Crippen LogP contribution in [0, 0.1) is 0 Å². The number of anilines is 1. The van der Waals surface area contributed by atoms with Gasteiger partial charge in [0, 0.05) is 34.4 Å². The maximum absolute atomic E-state index is 9.05. The van der Waals surface area contributed by atoms with Gasteiger partial charge in [-0.3, -0.25) is 0 Å². The van der Waals surface area contributed by atoms with Gasteiger partial charge in [0.1, 0.15) is 5.82 Å². The Hall–Kier alpha value is -2.40. The number of benzene rings is 1. The molecule has 0 spiro atoms. The van der Waals surface area contributed by atoms with E-state index in [0.29, 0.717) is 17.2 Å². The molecule has 1 aromatic carbocycles. The summed E-state index contributed by atoms with van der Waals surface area (Å²) in [5, 5.41) is 10.1. The summed E-state index contributed by atoms with van der Waals surface area (Å²) >= 11 is 0. The van der Waals surface area contributed by atoms with Gasteiger partial charge in [-0.05, 0) is 6.07 Å². The quantitative estimate of drug-likeness (QED) is 0.636. The zero-order valence-corrected chi connectivity index (χ0v) is 9.59. The van der Waals surface area contributed by atoms with E-state index in [4.69, 9.17) is 10.8 Å². The zero-order chi connectivity index (χ0) is 12.5. The molecule has 4 N–H and O–H groups in total. The highest BCUT2D eigenvalue weighted by Gasteiger charge is 2.10. The molecule has 90 valence electrons. The first-order valence-corrected chi connectivity index (χ1v) is 5.58. The molecule has 18 heavy (non-hydrogen) atoms. The summed E-state index contributed by atoms with van der Waals surface area (Å²) in [5.41, 5.74) is 8.23. The maximum atomic E-state index is 9.05. The number of nitrogen functional groups attached to an aromatic ring is 1. The third-order valence-corrected chi connectivity index (χ3v) is 2.90. The Bertz CT molecular complexity index is 705. The molecule has 5 heteroatoms. The lowest BCUT2D eigenvalue weighted by Gasteiger charge is -2.03. The van der Waals surface area contributed by atoms with Crippen LogP contribution in [0.25, 0.3) is 22.3 Å². The fraction of sp³-hybridized carbons (Fsp3) is 0.0769. The summed E-state index contributed by atoms with van der Waals surface area (Å²) in [7, 11) is 0. The zero-order valence-electron chi connectivity index (χ0n) is 9.59. The molecule has 0 saturated carbocycles. The second kappa shape index (κ2) is 4.12. The average molecular weight is 240 g/mol. The van der Waals surface area contributed by atoms with Gasteiger partial charge in [-0.25, -0.2) is 9.97 Å². The highest BCUT2D eigenvalue weighted by atomic mass is 16.3. The normalized spacial score (nSPS) is 10.9. The summed E-state index contributed by atoms with van der Waals surface area (Å²) in [6.07, 6.45) is 3.41. The minimum atomic E-state index is -0.153. The van der Waals surface area contributed by atoms with Crippen LogP contribution in [0.3, 0.4) is 0 Å². The van der Waals surface area contributed by atoms with Crippen molar-refractivity contribution in [2.45, 2.75) is 6.61 Å². The largest absolute Gasteiger partial charge is 0.391 e. The molecule has 0 saturated heterocycles. The van der Waals surface area contributed by atoms with Gasteiger partial charge in [-0.15, -0.1) is 0 Å². The van der Waals surface area contributed by atoms with Crippen molar-refractivity contribution in [2.75, 3.05) is 5.73 Å². The first-order chi connectivity index (χ1) is 8.79. The van der Waals surface area contributed by atoms with E-state index in [1.807, 2.05) is 30.5 Å². The Morgan fingerprint density at radius 3 is 2.89 bits per heavy atom. The summed E-state index contributed by atoms with van der Waals surface area (Å²) in [6, 6.07) is 7.92. The van der Waals surface area contributed by atoms with Crippen molar-refractivity contribution in [3.8, 4) is 11.4 Å². The van der Waals surface area contributed by atoms with Crippen LogP contribution in [0.2, 0.25) is 0 Å². The fourth-order valence-electron chi connectivity index (χ4n) is 1.93. The number of nitrogens with one attached hydrogen (secondary N) is 1. The van der Waals surface area contributed by atoms with E-state index in [0.717, 1.165) is 16.5 Å². The van der Waals surface area contributed by atoms with Crippen LogP contribution in [-0.4, -0.2) is 20.1 Å². The Morgan fingerprint density at radius 1 is 1.28 bits per heavy atom. The molecule has 0 bridgehead atoms. The topological polar surface area (TPSA) is 87.8 Å². The van der Waals surface area contributed by atoms with Crippen molar-refractivity contribution in [2.24, 2.45) is 0 Å². The van der Waals surface area contributed by atoms with Gasteiger partial charge in [-0.2, -0.15) is 0 Å². The Kier molecular flexibility index (Phi) is 2.46. The molecule has 3 rings (SSSR count). The molecule has 0 aliphatic rings. The number of fused-ring (bicyclic) bond motifs is 1. The van der Waals surface area contributed by atoms with E-state index in [-0.39, 0.29) is 6.61 Å². The number of aromatic nitrogens is 3. The van der Waals surface area contributed by atoms with Crippen LogP contribution in [0.4, 0.5) is 5.82 Å². The van der Waals surface area contributed by atoms with Crippen molar-refractivity contribution in [1.29, 1.82) is 0 Å². The van der Waals surface area contributed by atoms with E-state index in [1.165, 1.54) is 0 Å². The standard InChI is InChI=1S/C13H12N4O/c14-12-8(7-18)5-16-13(17-12)10-6-15-11-4-2-1-3-9(10)11/h1-6,15,18H,7H2,(H2,14,16,17). The monoisotopic (exact) mass is 240 g/mol. The third kappa shape index (κ3) is 1.61. The Morgan fingerprint density at radius 2 is 2.11 bits per heavy atom. The smallest absolute Gasteiger partial charge is 0.163 e. The molecule has 0 atom stereocenters. The first kappa shape index (κ1) is 10.7. The number of aliphatic hydroxyl groups is 1. The molecule has 0 radical (unpaired) electrons. The second-order valence-corrected chi connectivity index (χ2v) is 4.01. The Labute approximate surface area is 103 Å². The lowest BCUT2D eigenvalue weighted by Crippen LogP contribution is -2.01. The average Bonchev–Trinajstić information content (AvgIpc) is 2.82. The minimum Gasteiger partial charge on any atom is -0.391 e. The van der Waals surface area contributed by atoms with Crippen molar-refractivity contribution in [1.82, 2.24) is 15.0 Å². The van der Waals surface area contributed by atoms with Crippen LogP contribution in [0.1, 0.15) is 5.56 Å².